The Kier molecular flexibility index (Phi) is 5.45. The molecule has 8 heteroatoms. The van der Waals surface area contributed by atoms with Crippen LogP contribution < -0.4 is 9.62 Å². The molecule has 0 saturated carbocycles. The lowest BCUT2D eigenvalue weighted by Crippen LogP contribution is -2.29. The van der Waals surface area contributed by atoms with Gasteiger partial charge < -0.3 is 5.32 Å². The first kappa shape index (κ1) is 21.9. The molecule has 0 bridgehead atoms. The monoisotopic (exact) mass is 472 g/mol. The van der Waals surface area contributed by atoms with Gasteiger partial charge in [0.25, 0.3) is 15.9 Å². The molecule has 0 unspecified atom stereocenters. The Hall–Kier alpha value is -3.91. The maximum absolute atomic E-state index is 13.4. The van der Waals surface area contributed by atoms with Crippen molar-refractivity contribution >= 4 is 27.3 Å². The van der Waals surface area contributed by atoms with Crippen molar-refractivity contribution < 1.29 is 13.2 Å². The van der Waals surface area contributed by atoms with Crippen LogP contribution in [0.15, 0.2) is 83.8 Å². The minimum Gasteiger partial charge on any atom is -0.320 e. The van der Waals surface area contributed by atoms with Gasteiger partial charge in [-0.1, -0.05) is 36.4 Å². The fraction of sp³-hybridized carbons (Fsp3) is 0.154. The number of rotatable bonds is 5. The van der Waals surface area contributed by atoms with E-state index in [0.717, 1.165) is 22.6 Å². The zero-order chi connectivity index (χ0) is 23.9. The van der Waals surface area contributed by atoms with Gasteiger partial charge in [0.1, 0.15) is 0 Å². The van der Waals surface area contributed by atoms with Crippen LogP contribution >= 0.6 is 0 Å². The molecule has 3 aromatic carbocycles. The second kappa shape index (κ2) is 8.46. The van der Waals surface area contributed by atoms with Gasteiger partial charge in [-0.3, -0.25) is 9.10 Å². The first-order chi connectivity index (χ1) is 16.3. The maximum Gasteiger partial charge on any atom is 0.264 e. The number of nitrogens with one attached hydrogen (secondary N) is 1. The standard InChI is InChI=1S/C26H24N4O3S/c1-18-16-19(2)30(28-18)25-13-6-4-11-23(25)27-26(31)21-9-7-10-22(17-21)34(32,33)29-15-14-20-8-3-5-12-24(20)29/h3-13,16-17H,14-15H2,1-2H3,(H,27,31). The molecule has 0 fully saturated rings. The number of carbonyl (C=O) groups excluding carboxylic acids is 1. The van der Waals surface area contributed by atoms with E-state index in [0.29, 0.717) is 24.3 Å². The summed E-state index contributed by atoms with van der Waals surface area (Å²) in [5, 5.41) is 7.43. The molecule has 0 aliphatic carbocycles. The summed E-state index contributed by atoms with van der Waals surface area (Å²) in [6.45, 7) is 4.24. The summed E-state index contributed by atoms with van der Waals surface area (Å²) in [5.41, 5.74) is 5.09. The molecular weight excluding hydrogens is 448 g/mol. The molecule has 0 atom stereocenters. The smallest absolute Gasteiger partial charge is 0.264 e. The predicted octanol–water partition coefficient (Wildman–Crippen LogP) is 4.49. The molecule has 1 amide bonds. The van der Waals surface area contributed by atoms with Crippen molar-refractivity contribution in [1.29, 1.82) is 0 Å². The van der Waals surface area contributed by atoms with E-state index in [2.05, 4.69) is 10.4 Å². The van der Waals surface area contributed by atoms with Crippen molar-refractivity contribution in [1.82, 2.24) is 9.78 Å². The van der Waals surface area contributed by atoms with E-state index >= 15 is 0 Å². The highest BCUT2D eigenvalue weighted by Crippen LogP contribution is 2.33. The molecule has 4 aromatic rings. The summed E-state index contributed by atoms with van der Waals surface area (Å²) in [7, 11) is -3.80. The number of hydrogen-bond donors (Lipinski definition) is 1. The SMILES string of the molecule is Cc1cc(C)n(-c2ccccc2NC(=O)c2cccc(S(=O)(=O)N3CCc4ccccc43)c2)n1. The molecule has 1 aromatic heterocycles. The van der Waals surface area contributed by atoms with Crippen LogP contribution in [0, 0.1) is 13.8 Å². The molecule has 172 valence electrons. The van der Waals surface area contributed by atoms with Crippen molar-refractivity contribution in [2.24, 2.45) is 0 Å². The van der Waals surface area contributed by atoms with Crippen LogP contribution in [-0.2, 0) is 16.4 Å². The topological polar surface area (TPSA) is 84.3 Å². The van der Waals surface area contributed by atoms with Crippen LogP contribution in [0.4, 0.5) is 11.4 Å². The highest BCUT2D eigenvalue weighted by Gasteiger charge is 2.31. The molecule has 1 N–H and O–H groups in total. The molecule has 5 rings (SSSR count). The van der Waals surface area contributed by atoms with Crippen molar-refractivity contribution in [2.75, 3.05) is 16.2 Å². The number of anilines is 2. The highest BCUT2D eigenvalue weighted by atomic mass is 32.2. The minimum atomic E-state index is -3.80. The molecule has 7 nitrogen and oxygen atoms in total. The summed E-state index contributed by atoms with van der Waals surface area (Å²) in [5.74, 6) is -0.396. The van der Waals surface area contributed by atoms with E-state index in [4.69, 9.17) is 0 Å². The third-order valence-electron chi connectivity index (χ3n) is 5.92. The molecule has 0 saturated heterocycles. The Morgan fingerprint density at radius 1 is 0.912 bits per heavy atom. The zero-order valence-corrected chi connectivity index (χ0v) is 19.7. The average Bonchev–Trinajstić information content (AvgIpc) is 3.42. The van der Waals surface area contributed by atoms with Gasteiger partial charge in [0.2, 0.25) is 0 Å². The lowest BCUT2D eigenvalue weighted by Gasteiger charge is -2.20. The predicted molar refractivity (Wildman–Crippen MR) is 132 cm³/mol. The number of fused-ring (bicyclic) bond motifs is 1. The molecule has 1 aliphatic rings. The number of para-hydroxylation sites is 3. The van der Waals surface area contributed by atoms with Gasteiger partial charge in [-0.25, -0.2) is 13.1 Å². The van der Waals surface area contributed by atoms with E-state index in [9.17, 15) is 13.2 Å². The molecule has 1 aliphatic heterocycles. The minimum absolute atomic E-state index is 0.0867. The van der Waals surface area contributed by atoms with Gasteiger partial charge in [0.05, 0.1) is 27.7 Å². The third-order valence-corrected chi connectivity index (χ3v) is 7.73. The van der Waals surface area contributed by atoms with E-state index in [1.54, 1.807) is 22.9 Å². The Balaban J connectivity index is 1.44. The summed E-state index contributed by atoms with van der Waals surface area (Å²) in [6, 6.07) is 23.0. The molecule has 0 spiro atoms. The van der Waals surface area contributed by atoms with Crippen LogP contribution in [0.25, 0.3) is 5.69 Å². The molecule has 2 heterocycles. The first-order valence-corrected chi connectivity index (χ1v) is 12.4. The molecular formula is C26H24N4O3S. The van der Waals surface area contributed by atoms with Gasteiger partial charge in [0, 0.05) is 17.8 Å². The summed E-state index contributed by atoms with van der Waals surface area (Å²) in [4.78, 5) is 13.2. The quantitative estimate of drug-likeness (QED) is 0.464. The Morgan fingerprint density at radius 3 is 2.41 bits per heavy atom. The fourth-order valence-electron chi connectivity index (χ4n) is 4.31. The third kappa shape index (κ3) is 3.86. The summed E-state index contributed by atoms with van der Waals surface area (Å²) in [6.07, 6.45) is 0.665. The van der Waals surface area contributed by atoms with E-state index in [1.807, 2.05) is 62.4 Å². The first-order valence-electron chi connectivity index (χ1n) is 11.0. The Labute approximate surface area is 198 Å². The van der Waals surface area contributed by atoms with Crippen molar-refractivity contribution in [3.05, 3.63) is 101 Å². The van der Waals surface area contributed by atoms with Crippen LogP contribution in [0.5, 0.6) is 0 Å². The number of aryl methyl sites for hydroxylation is 2. The lowest BCUT2D eigenvalue weighted by molar-refractivity contribution is 0.102. The van der Waals surface area contributed by atoms with Gasteiger partial charge in [-0.15, -0.1) is 0 Å². The number of amides is 1. The normalized spacial score (nSPS) is 13.1. The largest absolute Gasteiger partial charge is 0.320 e. The van der Waals surface area contributed by atoms with E-state index < -0.39 is 15.9 Å². The Morgan fingerprint density at radius 2 is 1.65 bits per heavy atom. The van der Waals surface area contributed by atoms with Crippen molar-refractivity contribution in [2.45, 2.75) is 25.2 Å². The second-order valence-corrected chi connectivity index (χ2v) is 10.2. The summed E-state index contributed by atoms with van der Waals surface area (Å²) >= 11 is 0. The van der Waals surface area contributed by atoms with Crippen LogP contribution in [0.1, 0.15) is 27.3 Å². The number of nitrogens with zero attached hydrogens (tertiary/aromatic N) is 3. The van der Waals surface area contributed by atoms with Crippen LogP contribution in [0.3, 0.4) is 0 Å². The average molecular weight is 473 g/mol. The van der Waals surface area contributed by atoms with E-state index in [-0.39, 0.29) is 10.5 Å². The van der Waals surface area contributed by atoms with Crippen LogP contribution in [0.2, 0.25) is 0 Å². The lowest BCUT2D eigenvalue weighted by atomic mass is 10.2. The molecule has 0 radical (unpaired) electrons. The second-order valence-electron chi connectivity index (χ2n) is 8.29. The number of carbonyl (C=O) groups is 1. The maximum atomic E-state index is 13.4. The van der Waals surface area contributed by atoms with E-state index in [1.165, 1.54) is 16.4 Å². The fourth-order valence-corrected chi connectivity index (χ4v) is 5.86. The van der Waals surface area contributed by atoms with Gasteiger partial charge in [-0.2, -0.15) is 5.10 Å². The number of aromatic nitrogens is 2. The van der Waals surface area contributed by atoms with Crippen molar-refractivity contribution in [3.8, 4) is 5.69 Å². The van der Waals surface area contributed by atoms with Gasteiger partial charge in [0.15, 0.2) is 0 Å². The number of benzene rings is 3. The zero-order valence-electron chi connectivity index (χ0n) is 18.9. The Bertz CT molecular complexity index is 1510. The van der Waals surface area contributed by atoms with Gasteiger partial charge >= 0.3 is 0 Å². The van der Waals surface area contributed by atoms with Crippen LogP contribution in [-0.4, -0.2) is 30.7 Å². The van der Waals surface area contributed by atoms with Crippen molar-refractivity contribution in [3.63, 3.8) is 0 Å². The van der Waals surface area contributed by atoms with Gasteiger partial charge in [-0.05, 0) is 68.3 Å². The summed E-state index contributed by atoms with van der Waals surface area (Å²) < 4.78 is 30.0. The number of hydrogen-bond acceptors (Lipinski definition) is 4. The molecule has 34 heavy (non-hydrogen) atoms. The number of sulfonamides is 1. The highest BCUT2D eigenvalue weighted by molar-refractivity contribution is 7.92.